The van der Waals surface area contributed by atoms with E-state index in [1.807, 2.05) is 12.1 Å². The third-order valence-corrected chi connectivity index (χ3v) is 3.50. The summed E-state index contributed by atoms with van der Waals surface area (Å²) in [7, 11) is 0. The predicted octanol–water partition coefficient (Wildman–Crippen LogP) is 2.84. The van der Waals surface area contributed by atoms with Crippen molar-refractivity contribution in [2.24, 2.45) is 0 Å². The van der Waals surface area contributed by atoms with Gasteiger partial charge in [0.2, 0.25) is 0 Å². The smallest absolute Gasteiger partial charge is 0.0410 e. The second-order valence-corrected chi connectivity index (χ2v) is 4.95. The van der Waals surface area contributed by atoms with Gasteiger partial charge in [0.1, 0.15) is 0 Å². The molecule has 0 saturated carbocycles. The standard InChI is InChI=1S/C13H19ClN2/c1-10-9-12(14)3-4-13(10)16-8-7-15-6-5-11(16)2/h3-4,9,11,15H,5-8H2,1-2H3. The maximum atomic E-state index is 5.99. The lowest BCUT2D eigenvalue weighted by molar-refractivity contribution is 0.630. The van der Waals surface area contributed by atoms with Crippen LogP contribution in [-0.4, -0.2) is 25.7 Å². The summed E-state index contributed by atoms with van der Waals surface area (Å²) in [5.41, 5.74) is 2.59. The van der Waals surface area contributed by atoms with Crippen molar-refractivity contribution in [2.75, 3.05) is 24.5 Å². The van der Waals surface area contributed by atoms with Crippen LogP contribution in [0.3, 0.4) is 0 Å². The lowest BCUT2D eigenvalue weighted by atomic mass is 10.1. The number of rotatable bonds is 1. The highest BCUT2D eigenvalue weighted by Crippen LogP contribution is 2.26. The van der Waals surface area contributed by atoms with Gasteiger partial charge in [-0.1, -0.05) is 11.6 Å². The number of hydrogen-bond acceptors (Lipinski definition) is 2. The van der Waals surface area contributed by atoms with Crippen molar-refractivity contribution >= 4 is 17.3 Å². The van der Waals surface area contributed by atoms with Crippen molar-refractivity contribution < 1.29 is 0 Å². The molecule has 1 aliphatic rings. The number of benzene rings is 1. The summed E-state index contributed by atoms with van der Waals surface area (Å²) in [6, 6.07) is 6.76. The van der Waals surface area contributed by atoms with Crippen LogP contribution in [0.1, 0.15) is 18.9 Å². The Morgan fingerprint density at radius 2 is 2.19 bits per heavy atom. The zero-order valence-electron chi connectivity index (χ0n) is 9.96. The monoisotopic (exact) mass is 238 g/mol. The Bertz CT molecular complexity index is 365. The summed E-state index contributed by atoms with van der Waals surface area (Å²) in [5.74, 6) is 0. The van der Waals surface area contributed by atoms with Crippen LogP contribution in [0, 0.1) is 6.92 Å². The van der Waals surface area contributed by atoms with Crippen LogP contribution < -0.4 is 10.2 Å². The predicted molar refractivity (Wildman–Crippen MR) is 70.5 cm³/mol. The zero-order valence-corrected chi connectivity index (χ0v) is 10.7. The maximum absolute atomic E-state index is 5.99. The molecule has 1 N–H and O–H groups in total. The van der Waals surface area contributed by atoms with E-state index in [1.165, 1.54) is 17.7 Å². The molecule has 0 bridgehead atoms. The molecule has 1 aromatic carbocycles. The van der Waals surface area contributed by atoms with Crippen LogP contribution in [0.2, 0.25) is 5.02 Å². The van der Waals surface area contributed by atoms with Crippen molar-refractivity contribution in [3.8, 4) is 0 Å². The van der Waals surface area contributed by atoms with Crippen molar-refractivity contribution in [3.05, 3.63) is 28.8 Å². The molecule has 1 fully saturated rings. The van der Waals surface area contributed by atoms with E-state index in [2.05, 4.69) is 30.1 Å². The van der Waals surface area contributed by atoms with Gasteiger partial charge in [0, 0.05) is 29.8 Å². The first-order chi connectivity index (χ1) is 7.68. The molecular formula is C13H19ClN2. The van der Waals surface area contributed by atoms with Gasteiger partial charge >= 0.3 is 0 Å². The Balaban J connectivity index is 2.27. The second kappa shape index (κ2) is 5.07. The van der Waals surface area contributed by atoms with Crippen LogP contribution in [0.4, 0.5) is 5.69 Å². The number of anilines is 1. The number of nitrogens with one attached hydrogen (secondary N) is 1. The van der Waals surface area contributed by atoms with Crippen LogP contribution in [-0.2, 0) is 0 Å². The van der Waals surface area contributed by atoms with Gasteiger partial charge in [-0.3, -0.25) is 0 Å². The Morgan fingerprint density at radius 3 is 2.94 bits per heavy atom. The summed E-state index contributed by atoms with van der Waals surface area (Å²) >= 11 is 5.99. The average molecular weight is 239 g/mol. The quantitative estimate of drug-likeness (QED) is 0.810. The van der Waals surface area contributed by atoms with Gasteiger partial charge in [-0.15, -0.1) is 0 Å². The summed E-state index contributed by atoms with van der Waals surface area (Å²) < 4.78 is 0. The van der Waals surface area contributed by atoms with Crippen LogP contribution in [0.15, 0.2) is 18.2 Å². The van der Waals surface area contributed by atoms with E-state index < -0.39 is 0 Å². The topological polar surface area (TPSA) is 15.3 Å². The first-order valence-electron chi connectivity index (χ1n) is 5.92. The Morgan fingerprint density at radius 1 is 1.38 bits per heavy atom. The van der Waals surface area contributed by atoms with Gasteiger partial charge in [-0.25, -0.2) is 0 Å². The molecule has 0 amide bonds. The van der Waals surface area contributed by atoms with Gasteiger partial charge in [-0.05, 0) is 50.6 Å². The molecule has 3 heteroatoms. The highest BCUT2D eigenvalue weighted by molar-refractivity contribution is 6.30. The molecule has 1 unspecified atom stereocenters. The maximum Gasteiger partial charge on any atom is 0.0410 e. The number of hydrogen-bond donors (Lipinski definition) is 1. The first-order valence-corrected chi connectivity index (χ1v) is 6.30. The lowest BCUT2D eigenvalue weighted by Crippen LogP contribution is -2.34. The van der Waals surface area contributed by atoms with E-state index in [4.69, 9.17) is 11.6 Å². The van der Waals surface area contributed by atoms with E-state index >= 15 is 0 Å². The summed E-state index contributed by atoms with van der Waals surface area (Å²) in [6.07, 6.45) is 1.20. The van der Waals surface area contributed by atoms with Crippen molar-refractivity contribution in [2.45, 2.75) is 26.3 Å². The molecule has 1 saturated heterocycles. The molecule has 88 valence electrons. The number of halogens is 1. The molecule has 0 spiro atoms. The molecule has 1 aliphatic heterocycles. The fourth-order valence-electron chi connectivity index (χ4n) is 2.31. The van der Waals surface area contributed by atoms with Gasteiger partial charge in [-0.2, -0.15) is 0 Å². The normalized spacial score (nSPS) is 21.9. The minimum atomic E-state index is 0.592. The highest BCUT2D eigenvalue weighted by atomic mass is 35.5. The minimum absolute atomic E-state index is 0.592. The average Bonchev–Trinajstić information content (AvgIpc) is 2.44. The second-order valence-electron chi connectivity index (χ2n) is 4.51. The third kappa shape index (κ3) is 2.50. The molecule has 2 nitrogen and oxygen atoms in total. The van der Waals surface area contributed by atoms with Gasteiger partial charge in [0.25, 0.3) is 0 Å². The van der Waals surface area contributed by atoms with Crippen molar-refractivity contribution in [3.63, 3.8) is 0 Å². The summed E-state index contributed by atoms with van der Waals surface area (Å²) in [6.45, 7) is 7.67. The Labute approximate surface area is 103 Å². The van der Waals surface area contributed by atoms with Crippen LogP contribution in [0.25, 0.3) is 0 Å². The summed E-state index contributed by atoms with van der Waals surface area (Å²) in [4.78, 5) is 2.48. The Kier molecular flexibility index (Phi) is 3.72. The van der Waals surface area contributed by atoms with Gasteiger partial charge in [0.15, 0.2) is 0 Å². The lowest BCUT2D eigenvalue weighted by Gasteiger charge is -2.30. The number of aryl methyl sites for hydroxylation is 1. The molecule has 1 heterocycles. The summed E-state index contributed by atoms with van der Waals surface area (Å²) in [5, 5.41) is 4.26. The van der Waals surface area contributed by atoms with Crippen molar-refractivity contribution in [1.29, 1.82) is 0 Å². The molecular weight excluding hydrogens is 220 g/mol. The highest BCUT2D eigenvalue weighted by Gasteiger charge is 2.18. The van der Waals surface area contributed by atoms with Gasteiger partial charge < -0.3 is 10.2 Å². The fourth-order valence-corrected chi connectivity index (χ4v) is 2.54. The Hall–Kier alpha value is -0.730. The first kappa shape index (κ1) is 11.7. The van der Waals surface area contributed by atoms with E-state index in [0.29, 0.717) is 6.04 Å². The third-order valence-electron chi connectivity index (χ3n) is 3.27. The fraction of sp³-hybridized carbons (Fsp3) is 0.538. The molecule has 2 rings (SSSR count). The number of nitrogens with zero attached hydrogens (tertiary/aromatic N) is 1. The minimum Gasteiger partial charge on any atom is -0.367 e. The molecule has 16 heavy (non-hydrogen) atoms. The van der Waals surface area contributed by atoms with E-state index in [0.717, 1.165) is 24.7 Å². The van der Waals surface area contributed by atoms with Crippen molar-refractivity contribution in [1.82, 2.24) is 5.32 Å². The molecule has 0 aliphatic carbocycles. The zero-order chi connectivity index (χ0) is 11.5. The van der Waals surface area contributed by atoms with Crippen LogP contribution in [0.5, 0.6) is 0 Å². The van der Waals surface area contributed by atoms with E-state index in [1.54, 1.807) is 0 Å². The molecule has 0 aromatic heterocycles. The largest absolute Gasteiger partial charge is 0.367 e. The van der Waals surface area contributed by atoms with Crippen LogP contribution >= 0.6 is 11.6 Å². The SMILES string of the molecule is Cc1cc(Cl)ccc1N1CCNCCC1C. The van der Waals surface area contributed by atoms with Gasteiger partial charge in [0.05, 0.1) is 0 Å². The van der Waals surface area contributed by atoms with E-state index in [-0.39, 0.29) is 0 Å². The molecule has 0 radical (unpaired) electrons. The molecule has 1 atom stereocenters. The molecule has 1 aromatic rings. The van der Waals surface area contributed by atoms with E-state index in [9.17, 15) is 0 Å².